The smallest absolute Gasteiger partial charge is 0.475 e. The third kappa shape index (κ3) is 8.43. The Kier molecular flexibility index (Phi) is 10.3. The summed E-state index contributed by atoms with van der Waals surface area (Å²) in [6.07, 6.45) is -2.64. The number of hydrogen-bond donors (Lipinski definition) is 4. The third-order valence-electron chi connectivity index (χ3n) is 7.62. The van der Waals surface area contributed by atoms with Crippen LogP contribution < -0.4 is 15.4 Å². The Morgan fingerprint density at radius 3 is 1.98 bits per heavy atom. The highest BCUT2D eigenvalue weighted by molar-refractivity contribution is 7.89. The van der Waals surface area contributed by atoms with Gasteiger partial charge in [0.25, 0.3) is 0 Å². The van der Waals surface area contributed by atoms with Crippen LogP contribution in [0.5, 0.6) is 0 Å². The van der Waals surface area contributed by atoms with Crippen molar-refractivity contribution >= 4 is 21.9 Å². The standard InChI is InChI=1S/C29H33N3O3S.C2HF3O2/c1-20-10-14-25(15-11-20)36(34,35)32-24-16-23(17-30-18-24)29(33)31-19-28-26-8-4-2-6-21(26)12-13-22-7-3-5-9-27(22)28;3-2(4,5)1(6)7/h2-11,14-15,23-24,28,30,32H,12-13,16-19H2,1H3,(H,31,33);(H,6,7)/t23-,24+;/m0./s1. The maximum absolute atomic E-state index is 13.2. The van der Waals surface area contributed by atoms with Gasteiger partial charge in [-0.25, -0.2) is 17.9 Å². The number of carboxylic acids is 1. The fraction of sp³-hybridized carbons (Fsp3) is 0.355. The number of carboxylic acid groups (broad SMARTS) is 1. The average molecular weight is 618 g/mol. The molecule has 1 heterocycles. The van der Waals surface area contributed by atoms with Crippen molar-refractivity contribution in [1.82, 2.24) is 15.4 Å². The van der Waals surface area contributed by atoms with Crippen molar-refractivity contribution in [2.24, 2.45) is 5.92 Å². The predicted molar refractivity (Wildman–Crippen MR) is 155 cm³/mol. The Balaban J connectivity index is 0.000000541. The molecule has 0 saturated carbocycles. The molecule has 230 valence electrons. The summed E-state index contributed by atoms with van der Waals surface area (Å²) >= 11 is 0. The van der Waals surface area contributed by atoms with Crippen LogP contribution in [0, 0.1) is 12.8 Å². The van der Waals surface area contributed by atoms with E-state index in [0.717, 1.165) is 18.4 Å². The molecule has 1 fully saturated rings. The van der Waals surface area contributed by atoms with Crippen LogP contribution in [0.1, 0.15) is 40.2 Å². The lowest BCUT2D eigenvalue weighted by Gasteiger charge is -2.30. The lowest BCUT2D eigenvalue weighted by Crippen LogP contribution is -2.52. The molecule has 0 bridgehead atoms. The third-order valence-corrected chi connectivity index (χ3v) is 9.16. The number of aliphatic carboxylic acids is 1. The van der Waals surface area contributed by atoms with Crippen molar-refractivity contribution in [3.05, 3.63) is 101 Å². The van der Waals surface area contributed by atoms with E-state index in [1.54, 1.807) is 24.3 Å². The van der Waals surface area contributed by atoms with E-state index in [4.69, 9.17) is 9.90 Å². The van der Waals surface area contributed by atoms with Crippen molar-refractivity contribution in [3.8, 4) is 0 Å². The molecular formula is C31H34F3N3O5S. The maximum atomic E-state index is 13.2. The highest BCUT2D eigenvalue weighted by Crippen LogP contribution is 2.34. The van der Waals surface area contributed by atoms with Gasteiger partial charge in [0.2, 0.25) is 15.9 Å². The Morgan fingerprint density at radius 2 is 1.44 bits per heavy atom. The number of aryl methyl sites for hydroxylation is 3. The summed E-state index contributed by atoms with van der Waals surface area (Å²) in [6.45, 7) is 3.47. The van der Waals surface area contributed by atoms with Gasteiger partial charge < -0.3 is 15.7 Å². The van der Waals surface area contributed by atoms with Gasteiger partial charge in [-0.3, -0.25) is 4.79 Å². The molecule has 1 aliphatic carbocycles. The molecule has 8 nitrogen and oxygen atoms in total. The first-order chi connectivity index (χ1) is 20.3. The average Bonchev–Trinajstić information content (AvgIpc) is 3.13. The molecular weight excluding hydrogens is 583 g/mol. The SMILES string of the molecule is Cc1ccc(S(=O)(=O)N[C@H]2CNC[C@@H](C(=O)NCC3c4ccccc4CCc4ccccc43)C2)cc1.O=C(O)C(F)(F)F. The number of hydrogen-bond acceptors (Lipinski definition) is 5. The second-order valence-corrected chi connectivity index (χ2v) is 12.4. The zero-order valence-corrected chi connectivity index (χ0v) is 24.3. The zero-order chi connectivity index (χ0) is 31.2. The molecule has 5 rings (SSSR count). The molecule has 0 spiro atoms. The first-order valence-electron chi connectivity index (χ1n) is 13.9. The number of rotatable bonds is 6. The van der Waals surface area contributed by atoms with Gasteiger partial charge in [-0.15, -0.1) is 0 Å². The van der Waals surface area contributed by atoms with Crippen molar-refractivity contribution < 1.29 is 36.3 Å². The molecule has 12 heteroatoms. The minimum Gasteiger partial charge on any atom is -0.475 e. The molecule has 0 aromatic heterocycles. The number of sulfonamides is 1. The van der Waals surface area contributed by atoms with Crippen LogP contribution >= 0.6 is 0 Å². The maximum Gasteiger partial charge on any atom is 0.490 e. The van der Waals surface area contributed by atoms with Gasteiger partial charge in [0.1, 0.15) is 0 Å². The van der Waals surface area contributed by atoms with Crippen LogP contribution in [0.25, 0.3) is 0 Å². The minimum absolute atomic E-state index is 0.0408. The van der Waals surface area contributed by atoms with Crippen LogP contribution in [-0.2, 0) is 32.5 Å². The van der Waals surface area contributed by atoms with Crippen molar-refractivity contribution in [3.63, 3.8) is 0 Å². The number of carbonyl (C=O) groups is 2. The molecule has 1 aliphatic heterocycles. The normalized spacial score (nSPS) is 18.7. The lowest BCUT2D eigenvalue weighted by molar-refractivity contribution is -0.192. The van der Waals surface area contributed by atoms with Gasteiger partial charge in [-0.2, -0.15) is 13.2 Å². The fourth-order valence-electron chi connectivity index (χ4n) is 5.44. The summed E-state index contributed by atoms with van der Waals surface area (Å²) in [6, 6.07) is 23.5. The second kappa shape index (κ2) is 13.7. The number of alkyl halides is 3. The number of benzene rings is 3. The molecule has 1 saturated heterocycles. The van der Waals surface area contributed by atoms with Crippen LogP contribution in [-0.4, -0.2) is 57.3 Å². The van der Waals surface area contributed by atoms with Gasteiger partial charge in [-0.05, 0) is 60.6 Å². The molecule has 2 atom stereocenters. The van der Waals surface area contributed by atoms with Gasteiger partial charge >= 0.3 is 12.1 Å². The summed E-state index contributed by atoms with van der Waals surface area (Å²) in [5, 5.41) is 13.6. The van der Waals surface area contributed by atoms with E-state index in [0.29, 0.717) is 26.1 Å². The van der Waals surface area contributed by atoms with E-state index >= 15 is 0 Å². The largest absolute Gasteiger partial charge is 0.490 e. The number of fused-ring (bicyclic) bond motifs is 2. The Morgan fingerprint density at radius 1 is 0.907 bits per heavy atom. The summed E-state index contributed by atoms with van der Waals surface area (Å²) in [5.41, 5.74) is 6.21. The summed E-state index contributed by atoms with van der Waals surface area (Å²) in [4.78, 5) is 22.4. The molecule has 4 N–H and O–H groups in total. The Bertz CT molecular complexity index is 1500. The summed E-state index contributed by atoms with van der Waals surface area (Å²) in [5.74, 6) is -3.01. The van der Waals surface area contributed by atoms with E-state index in [1.165, 1.54) is 22.3 Å². The number of carbonyl (C=O) groups excluding carboxylic acids is 1. The first-order valence-corrected chi connectivity index (χ1v) is 15.4. The number of piperidine rings is 1. The number of amides is 1. The van der Waals surface area contributed by atoms with Crippen molar-refractivity contribution in [2.45, 2.75) is 49.2 Å². The van der Waals surface area contributed by atoms with Gasteiger partial charge in [0.05, 0.1) is 10.8 Å². The quantitative estimate of drug-likeness (QED) is 0.332. The van der Waals surface area contributed by atoms with Crippen molar-refractivity contribution in [2.75, 3.05) is 19.6 Å². The number of halogens is 3. The van der Waals surface area contributed by atoms with E-state index in [1.807, 2.05) is 6.92 Å². The van der Waals surface area contributed by atoms with Crippen molar-refractivity contribution in [1.29, 1.82) is 0 Å². The molecule has 3 aromatic rings. The molecule has 2 aliphatic rings. The van der Waals surface area contributed by atoms with E-state index in [2.05, 4.69) is 63.9 Å². The Hall–Kier alpha value is -3.74. The Labute approximate surface area is 248 Å². The van der Waals surface area contributed by atoms with Crippen LogP contribution in [0.15, 0.2) is 77.7 Å². The highest BCUT2D eigenvalue weighted by Gasteiger charge is 2.38. The summed E-state index contributed by atoms with van der Waals surface area (Å²) in [7, 11) is -3.65. The first kappa shape index (κ1) is 32.2. The van der Waals surface area contributed by atoms with E-state index < -0.39 is 22.2 Å². The van der Waals surface area contributed by atoms with Gasteiger partial charge in [-0.1, -0.05) is 66.2 Å². The van der Waals surface area contributed by atoms with Crippen LogP contribution in [0.2, 0.25) is 0 Å². The lowest BCUT2D eigenvalue weighted by atomic mass is 9.87. The predicted octanol–water partition coefficient (Wildman–Crippen LogP) is 3.93. The minimum atomic E-state index is -5.08. The molecule has 0 radical (unpaired) electrons. The van der Waals surface area contributed by atoms with Crippen LogP contribution in [0.3, 0.4) is 0 Å². The molecule has 1 amide bonds. The topological polar surface area (TPSA) is 125 Å². The summed E-state index contributed by atoms with van der Waals surface area (Å²) < 4.78 is 60.2. The molecule has 3 aromatic carbocycles. The van der Waals surface area contributed by atoms with Gasteiger partial charge in [0.15, 0.2) is 0 Å². The molecule has 0 unspecified atom stereocenters. The van der Waals surface area contributed by atoms with E-state index in [-0.39, 0.29) is 28.7 Å². The fourth-order valence-corrected chi connectivity index (χ4v) is 6.69. The van der Waals surface area contributed by atoms with Gasteiger partial charge in [0, 0.05) is 31.6 Å². The zero-order valence-electron chi connectivity index (χ0n) is 23.5. The number of nitrogens with one attached hydrogen (secondary N) is 3. The van der Waals surface area contributed by atoms with Crippen LogP contribution in [0.4, 0.5) is 13.2 Å². The second-order valence-electron chi connectivity index (χ2n) is 10.7. The molecule has 43 heavy (non-hydrogen) atoms. The monoisotopic (exact) mass is 617 g/mol. The highest BCUT2D eigenvalue weighted by atomic mass is 32.2. The van der Waals surface area contributed by atoms with E-state index in [9.17, 15) is 26.4 Å².